The molecule has 1 amide bonds. The molecule has 0 saturated carbocycles. The third-order valence-corrected chi connectivity index (χ3v) is 7.24. The molecule has 2 aromatic carbocycles. The van der Waals surface area contributed by atoms with Crippen LogP contribution in [0.15, 0.2) is 47.4 Å². The van der Waals surface area contributed by atoms with Crippen LogP contribution in [0.1, 0.15) is 28.8 Å². The maximum atomic E-state index is 13.1. The molecule has 0 unspecified atom stereocenters. The van der Waals surface area contributed by atoms with Gasteiger partial charge in [0.05, 0.1) is 14.2 Å². The van der Waals surface area contributed by atoms with Gasteiger partial charge in [0.25, 0.3) is 0 Å². The Bertz CT molecular complexity index is 965. The SMILES string of the molecule is COc1ccc(OC)c(S(=O)(=O)N2CCC(Cc3ccc(C(N)=O)cc3)CC2)c1. The summed E-state index contributed by atoms with van der Waals surface area (Å²) in [7, 11) is -0.717. The fourth-order valence-corrected chi connectivity index (χ4v) is 5.26. The number of hydrogen-bond donors (Lipinski definition) is 1. The maximum Gasteiger partial charge on any atom is 0.248 e. The van der Waals surface area contributed by atoms with Crippen molar-refractivity contribution in [1.29, 1.82) is 0 Å². The summed E-state index contributed by atoms with van der Waals surface area (Å²) in [5.74, 6) is 0.720. The van der Waals surface area contributed by atoms with Crippen molar-refractivity contribution in [3.8, 4) is 11.5 Å². The Morgan fingerprint density at radius 3 is 2.28 bits per heavy atom. The van der Waals surface area contributed by atoms with Gasteiger partial charge in [-0.2, -0.15) is 4.31 Å². The number of benzene rings is 2. The molecule has 8 heteroatoms. The molecule has 7 nitrogen and oxygen atoms in total. The average molecular weight is 419 g/mol. The number of nitrogens with zero attached hydrogens (tertiary/aromatic N) is 1. The second-order valence-electron chi connectivity index (χ2n) is 7.13. The van der Waals surface area contributed by atoms with Gasteiger partial charge < -0.3 is 15.2 Å². The quantitative estimate of drug-likeness (QED) is 0.745. The first-order chi connectivity index (χ1) is 13.8. The van der Waals surface area contributed by atoms with Crippen molar-refractivity contribution < 1.29 is 22.7 Å². The van der Waals surface area contributed by atoms with Crippen LogP contribution in [0.5, 0.6) is 11.5 Å². The number of rotatable bonds is 7. The van der Waals surface area contributed by atoms with Crippen LogP contribution >= 0.6 is 0 Å². The zero-order valence-corrected chi connectivity index (χ0v) is 17.4. The number of sulfonamides is 1. The molecule has 2 aromatic rings. The first kappa shape index (κ1) is 21.1. The molecular formula is C21H26N2O5S. The molecule has 0 atom stereocenters. The van der Waals surface area contributed by atoms with E-state index >= 15 is 0 Å². The smallest absolute Gasteiger partial charge is 0.248 e. The Balaban J connectivity index is 1.67. The summed E-state index contributed by atoms with van der Waals surface area (Å²) >= 11 is 0. The van der Waals surface area contributed by atoms with Crippen molar-refractivity contribution in [3.05, 3.63) is 53.6 Å². The van der Waals surface area contributed by atoms with Crippen molar-refractivity contribution in [1.82, 2.24) is 4.31 Å². The Morgan fingerprint density at radius 1 is 1.07 bits per heavy atom. The van der Waals surface area contributed by atoms with Crippen LogP contribution in [0.2, 0.25) is 0 Å². The van der Waals surface area contributed by atoms with Crippen molar-refractivity contribution in [2.75, 3.05) is 27.3 Å². The average Bonchev–Trinajstić information content (AvgIpc) is 2.74. The summed E-state index contributed by atoms with van der Waals surface area (Å²) in [6.45, 7) is 0.902. The summed E-state index contributed by atoms with van der Waals surface area (Å²) < 4.78 is 38.2. The van der Waals surface area contributed by atoms with Crippen LogP contribution in [0, 0.1) is 5.92 Å². The fraction of sp³-hybridized carbons (Fsp3) is 0.381. The van der Waals surface area contributed by atoms with E-state index in [1.807, 2.05) is 12.1 Å². The summed E-state index contributed by atoms with van der Waals surface area (Å²) in [4.78, 5) is 11.3. The highest BCUT2D eigenvalue weighted by Gasteiger charge is 2.32. The van der Waals surface area contributed by atoms with Gasteiger partial charge in [0.15, 0.2) is 0 Å². The molecule has 29 heavy (non-hydrogen) atoms. The third kappa shape index (κ3) is 4.71. The van der Waals surface area contributed by atoms with Gasteiger partial charge in [0.1, 0.15) is 16.4 Å². The van der Waals surface area contributed by atoms with Gasteiger partial charge in [-0.1, -0.05) is 12.1 Å². The highest BCUT2D eigenvalue weighted by atomic mass is 32.2. The number of hydrogen-bond acceptors (Lipinski definition) is 5. The summed E-state index contributed by atoms with van der Waals surface area (Å²) in [5, 5.41) is 0. The number of ether oxygens (including phenoxy) is 2. The Labute approximate surface area is 171 Å². The van der Waals surface area contributed by atoms with Crippen LogP contribution in [-0.4, -0.2) is 45.9 Å². The van der Waals surface area contributed by atoms with Gasteiger partial charge in [-0.25, -0.2) is 8.42 Å². The summed E-state index contributed by atoms with van der Waals surface area (Å²) in [6, 6.07) is 12.1. The van der Waals surface area contributed by atoms with Gasteiger partial charge in [-0.15, -0.1) is 0 Å². The highest BCUT2D eigenvalue weighted by molar-refractivity contribution is 7.89. The first-order valence-corrected chi connectivity index (χ1v) is 10.9. The van der Waals surface area contributed by atoms with Crippen LogP contribution < -0.4 is 15.2 Å². The first-order valence-electron chi connectivity index (χ1n) is 9.46. The predicted molar refractivity (Wildman–Crippen MR) is 110 cm³/mol. The maximum absolute atomic E-state index is 13.1. The van der Waals surface area contributed by atoms with E-state index in [1.54, 1.807) is 24.3 Å². The number of primary amides is 1. The Morgan fingerprint density at radius 2 is 1.72 bits per heavy atom. The molecule has 1 saturated heterocycles. The summed E-state index contributed by atoms with van der Waals surface area (Å²) in [5.41, 5.74) is 6.88. The van der Waals surface area contributed by atoms with Crippen molar-refractivity contribution in [2.45, 2.75) is 24.2 Å². The topological polar surface area (TPSA) is 98.9 Å². The van der Waals surface area contributed by atoms with Crippen LogP contribution in [0.3, 0.4) is 0 Å². The monoisotopic (exact) mass is 418 g/mol. The number of nitrogens with two attached hydrogens (primary N) is 1. The second-order valence-corrected chi connectivity index (χ2v) is 9.04. The molecule has 1 aliphatic rings. The lowest BCUT2D eigenvalue weighted by Crippen LogP contribution is -2.39. The minimum absolute atomic E-state index is 0.125. The van der Waals surface area contributed by atoms with E-state index in [1.165, 1.54) is 24.6 Å². The zero-order chi connectivity index (χ0) is 21.0. The van der Waals surface area contributed by atoms with Crippen molar-refractivity contribution >= 4 is 15.9 Å². The molecule has 156 valence electrons. The predicted octanol–water partition coefficient (Wildman–Crippen LogP) is 2.45. The van der Waals surface area contributed by atoms with Gasteiger partial charge >= 0.3 is 0 Å². The molecule has 0 aliphatic carbocycles. The molecular weight excluding hydrogens is 392 g/mol. The zero-order valence-electron chi connectivity index (χ0n) is 16.6. The second kappa shape index (κ2) is 8.84. The standard InChI is InChI=1S/C21H26N2O5S/c1-27-18-7-8-19(28-2)20(14-18)29(25,26)23-11-9-16(10-12-23)13-15-3-5-17(6-4-15)21(22)24/h3-8,14,16H,9-13H2,1-2H3,(H2,22,24). The van der Waals surface area contributed by atoms with E-state index in [9.17, 15) is 13.2 Å². The third-order valence-electron chi connectivity index (χ3n) is 5.32. The molecule has 0 bridgehead atoms. The number of carbonyl (C=O) groups is 1. The molecule has 1 fully saturated rings. The Hall–Kier alpha value is -2.58. The van der Waals surface area contributed by atoms with Gasteiger partial charge in [0, 0.05) is 24.7 Å². The number of methoxy groups -OCH3 is 2. The fourth-order valence-electron chi connectivity index (χ4n) is 3.62. The van der Waals surface area contributed by atoms with Gasteiger partial charge in [0.2, 0.25) is 15.9 Å². The van der Waals surface area contributed by atoms with E-state index in [-0.39, 0.29) is 4.90 Å². The molecule has 0 aromatic heterocycles. The van der Waals surface area contributed by atoms with Gasteiger partial charge in [-0.05, 0) is 55.0 Å². The normalized spacial score (nSPS) is 15.8. The molecule has 0 spiro atoms. The highest BCUT2D eigenvalue weighted by Crippen LogP contribution is 2.33. The number of amides is 1. The van der Waals surface area contributed by atoms with Crippen LogP contribution in [0.4, 0.5) is 0 Å². The number of carbonyl (C=O) groups excluding carboxylic acids is 1. The van der Waals surface area contributed by atoms with E-state index < -0.39 is 15.9 Å². The van der Waals surface area contributed by atoms with Crippen LogP contribution in [-0.2, 0) is 16.4 Å². The minimum Gasteiger partial charge on any atom is -0.497 e. The van der Waals surface area contributed by atoms with Gasteiger partial charge in [-0.3, -0.25) is 4.79 Å². The molecule has 0 radical (unpaired) electrons. The Kier molecular flexibility index (Phi) is 6.44. The molecule has 3 rings (SSSR count). The van der Waals surface area contributed by atoms with E-state index in [4.69, 9.17) is 15.2 Å². The largest absolute Gasteiger partial charge is 0.497 e. The summed E-state index contributed by atoms with van der Waals surface area (Å²) in [6.07, 6.45) is 2.38. The molecule has 1 heterocycles. The molecule has 2 N–H and O–H groups in total. The van der Waals surface area contributed by atoms with E-state index in [2.05, 4.69) is 0 Å². The van der Waals surface area contributed by atoms with Crippen molar-refractivity contribution in [2.24, 2.45) is 11.7 Å². The van der Waals surface area contributed by atoms with Crippen molar-refractivity contribution in [3.63, 3.8) is 0 Å². The number of piperidine rings is 1. The van der Waals surface area contributed by atoms with E-state index in [0.29, 0.717) is 36.1 Å². The lowest BCUT2D eigenvalue weighted by molar-refractivity contribution is 0.1000. The molecule has 1 aliphatic heterocycles. The lowest BCUT2D eigenvalue weighted by Gasteiger charge is -2.31. The lowest BCUT2D eigenvalue weighted by atomic mass is 9.91. The minimum atomic E-state index is -3.67. The van der Waals surface area contributed by atoms with Crippen LogP contribution in [0.25, 0.3) is 0 Å². The van der Waals surface area contributed by atoms with E-state index in [0.717, 1.165) is 24.8 Å².